The van der Waals surface area contributed by atoms with Crippen molar-refractivity contribution in [2.75, 3.05) is 32.9 Å². The average Bonchev–Trinajstić information content (AvgIpc) is 2.85. The summed E-state index contributed by atoms with van der Waals surface area (Å²) >= 11 is 0. The lowest BCUT2D eigenvalue weighted by Crippen LogP contribution is -2.48. The van der Waals surface area contributed by atoms with Gasteiger partial charge in [0.05, 0.1) is 18.7 Å². The van der Waals surface area contributed by atoms with Crippen molar-refractivity contribution in [2.45, 2.75) is 25.4 Å². The second kappa shape index (κ2) is 5.78. The van der Waals surface area contributed by atoms with Gasteiger partial charge < -0.3 is 15.3 Å². The molecule has 3 atom stereocenters. The van der Waals surface area contributed by atoms with Crippen LogP contribution in [-0.4, -0.2) is 54.9 Å². The second-order valence-electron chi connectivity index (χ2n) is 5.07. The first-order valence-electron chi connectivity index (χ1n) is 6.46. The molecule has 0 radical (unpaired) electrons. The summed E-state index contributed by atoms with van der Waals surface area (Å²) in [4.78, 5) is 14.0. The first-order valence-corrected chi connectivity index (χ1v) is 6.46. The predicted molar refractivity (Wildman–Crippen MR) is 62.3 cm³/mol. The highest BCUT2D eigenvalue weighted by Crippen LogP contribution is 2.23. The molecule has 2 N–H and O–H groups in total. The molecule has 2 heterocycles. The number of carbonyl (C=O) groups is 1. The van der Waals surface area contributed by atoms with Crippen LogP contribution in [-0.2, 0) is 4.79 Å². The average molecular weight is 244 g/mol. The lowest BCUT2D eigenvalue weighted by atomic mass is 9.91. The minimum Gasteiger partial charge on any atom is -0.393 e. The molecule has 17 heavy (non-hydrogen) atoms. The van der Waals surface area contributed by atoms with E-state index in [1.54, 1.807) is 0 Å². The minimum absolute atomic E-state index is 0.0799. The number of carbonyl (C=O) groups excluding carboxylic acids is 1. The molecule has 3 unspecified atom stereocenters. The molecule has 0 aromatic heterocycles. The maximum absolute atomic E-state index is 12.4. The lowest BCUT2D eigenvalue weighted by molar-refractivity contribution is -0.138. The highest BCUT2D eigenvalue weighted by atomic mass is 19.1. The number of alkyl halides is 1. The number of piperidine rings is 1. The molecule has 2 saturated heterocycles. The number of amides is 1. The Morgan fingerprint density at radius 1 is 1.47 bits per heavy atom. The van der Waals surface area contributed by atoms with Crippen LogP contribution in [0.5, 0.6) is 0 Å². The van der Waals surface area contributed by atoms with Crippen molar-refractivity contribution in [1.82, 2.24) is 10.2 Å². The molecule has 4 nitrogen and oxygen atoms in total. The minimum atomic E-state index is -0.448. The van der Waals surface area contributed by atoms with E-state index in [0.29, 0.717) is 25.9 Å². The summed E-state index contributed by atoms with van der Waals surface area (Å²) in [6, 6.07) is 0. The first-order chi connectivity index (χ1) is 8.22. The standard InChI is InChI=1S/C12H21FN2O2/c13-4-1-10-8-15(6-3-11(10)16)12(17)9-2-5-14-7-9/h9-11,14,16H,1-8H2. The van der Waals surface area contributed by atoms with Gasteiger partial charge in [0.2, 0.25) is 5.91 Å². The molecule has 0 aliphatic carbocycles. The summed E-state index contributed by atoms with van der Waals surface area (Å²) in [6.45, 7) is 2.36. The van der Waals surface area contributed by atoms with Crippen molar-refractivity contribution in [3.63, 3.8) is 0 Å². The lowest BCUT2D eigenvalue weighted by Gasteiger charge is -2.37. The first kappa shape index (κ1) is 12.8. The van der Waals surface area contributed by atoms with Crippen LogP contribution in [0.25, 0.3) is 0 Å². The van der Waals surface area contributed by atoms with Crippen LogP contribution in [0.3, 0.4) is 0 Å². The highest BCUT2D eigenvalue weighted by Gasteiger charge is 2.33. The van der Waals surface area contributed by atoms with Crippen molar-refractivity contribution < 1.29 is 14.3 Å². The van der Waals surface area contributed by atoms with Crippen LogP contribution in [0.2, 0.25) is 0 Å². The summed E-state index contributed by atoms with van der Waals surface area (Å²) in [5, 5.41) is 12.9. The Morgan fingerprint density at radius 3 is 2.94 bits per heavy atom. The van der Waals surface area contributed by atoms with Gasteiger partial charge in [-0.05, 0) is 25.8 Å². The Labute approximate surface area is 101 Å². The van der Waals surface area contributed by atoms with E-state index < -0.39 is 12.8 Å². The van der Waals surface area contributed by atoms with Crippen LogP contribution in [0, 0.1) is 11.8 Å². The molecule has 5 heteroatoms. The molecule has 2 fully saturated rings. The zero-order chi connectivity index (χ0) is 12.3. The zero-order valence-electron chi connectivity index (χ0n) is 10.1. The van der Waals surface area contributed by atoms with Gasteiger partial charge in [0.15, 0.2) is 0 Å². The number of rotatable bonds is 3. The third-order valence-corrected chi connectivity index (χ3v) is 3.89. The fourth-order valence-corrected chi connectivity index (χ4v) is 2.77. The Hall–Kier alpha value is -0.680. The van der Waals surface area contributed by atoms with Gasteiger partial charge >= 0.3 is 0 Å². The van der Waals surface area contributed by atoms with Crippen LogP contribution in [0.15, 0.2) is 0 Å². The Balaban J connectivity index is 1.90. The van der Waals surface area contributed by atoms with Gasteiger partial charge in [-0.15, -0.1) is 0 Å². The van der Waals surface area contributed by atoms with E-state index in [4.69, 9.17) is 0 Å². The molecule has 2 rings (SSSR count). The van der Waals surface area contributed by atoms with Crippen molar-refractivity contribution >= 4 is 5.91 Å². The summed E-state index contributed by atoms with van der Waals surface area (Å²) in [6.07, 6.45) is 1.38. The number of halogens is 1. The van der Waals surface area contributed by atoms with Gasteiger partial charge in [-0.25, -0.2) is 0 Å². The predicted octanol–water partition coefficient (Wildman–Crippen LogP) is 0.165. The monoisotopic (exact) mass is 244 g/mol. The number of hydrogen-bond acceptors (Lipinski definition) is 3. The second-order valence-corrected chi connectivity index (χ2v) is 5.07. The Kier molecular flexibility index (Phi) is 4.34. The highest BCUT2D eigenvalue weighted by molar-refractivity contribution is 5.79. The smallest absolute Gasteiger partial charge is 0.227 e. The summed E-state index contributed by atoms with van der Waals surface area (Å²) < 4.78 is 12.4. The Bertz CT molecular complexity index is 269. The van der Waals surface area contributed by atoms with E-state index in [9.17, 15) is 14.3 Å². The fourth-order valence-electron chi connectivity index (χ4n) is 2.77. The molecular weight excluding hydrogens is 223 g/mol. The fraction of sp³-hybridized carbons (Fsp3) is 0.917. The summed E-state index contributed by atoms with van der Waals surface area (Å²) in [5.41, 5.74) is 0. The maximum atomic E-state index is 12.4. The molecule has 2 aliphatic rings. The molecule has 0 aromatic carbocycles. The number of nitrogens with zero attached hydrogens (tertiary/aromatic N) is 1. The van der Waals surface area contributed by atoms with E-state index in [1.165, 1.54) is 0 Å². The van der Waals surface area contributed by atoms with Crippen LogP contribution < -0.4 is 5.32 Å². The van der Waals surface area contributed by atoms with Crippen molar-refractivity contribution in [2.24, 2.45) is 11.8 Å². The van der Waals surface area contributed by atoms with Crippen LogP contribution >= 0.6 is 0 Å². The molecule has 1 amide bonds. The van der Waals surface area contributed by atoms with Crippen molar-refractivity contribution in [3.05, 3.63) is 0 Å². The van der Waals surface area contributed by atoms with E-state index in [2.05, 4.69) is 5.32 Å². The largest absolute Gasteiger partial charge is 0.393 e. The van der Waals surface area contributed by atoms with E-state index in [0.717, 1.165) is 19.5 Å². The SMILES string of the molecule is O=C(C1CCNC1)N1CCC(O)C(CCF)C1. The van der Waals surface area contributed by atoms with Gasteiger partial charge in [0, 0.05) is 25.6 Å². The number of aliphatic hydroxyl groups is 1. The molecule has 0 aromatic rings. The zero-order valence-corrected chi connectivity index (χ0v) is 10.1. The molecular formula is C12H21FN2O2. The van der Waals surface area contributed by atoms with E-state index >= 15 is 0 Å². The molecule has 2 aliphatic heterocycles. The quantitative estimate of drug-likeness (QED) is 0.744. The van der Waals surface area contributed by atoms with Gasteiger partial charge in [0.1, 0.15) is 0 Å². The Morgan fingerprint density at radius 2 is 2.29 bits per heavy atom. The van der Waals surface area contributed by atoms with Gasteiger partial charge in [-0.1, -0.05) is 0 Å². The molecule has 0 saturated carbocycles. The van der Waals surface area contributed by atoms with Gasteiger partial charge in [0.25, 0.3) is 0 Å². The number of likely N-dealkylation sites (tertiary alicyclic amines) is 1. The third-order valence-electron chi connectivity index (χ3n) is 3.89. The van der Waals surface area contributed by atoms with Crippen molar-refractivity contribution in [1.29, 1.82) is 0 Å². The molecule has 0 bridgehead atoms. The number of nitrogens with one attached hydrogen (secondary N) is 1. The van der Waals surface area contributed by atoms with Crippen molar-refractivity contribution in [3.8, 4) is 0 Å². The van der Waals surface area contributed by atoms with E-state index in [1.807, 2.05) is 4.90 Å². The van der Waals surface area contributed by atoms with Crippen LogP contribution in [0.1, 0.15) is 19.3 Å². The topological polar surface area (TPSA) is 52.6 Å². The van der Waals surface area contributed by atoms with Crippen LogP contribution in [0.4, 0.5) is 4.39 Å². The van der Waals surface area contributed by atoms with Gasteiger partial charge in [-0.3, -0.25) is 9.18 Å². The van der Waals surface area contributed by atoms with E-state index in [-0.39, 0.29) is 17.7 Å². The summed E-state index contributed by atoms with van der Waals surface area (Å²) in [7, 11) is 0. The third kappa shape index (κ3) is 2.96. The molecule has 98 valence electrons. The van der Waals surface area contributed by atoms with Gasteiger partial charge in [-0.2, -0.15) is 0 Å². The number of aliphatic hydroxyl groups excluding tert-OH is 1. The normalized spacial score (nSPS) is 34.0. The number of hydrogen-bond donors (Lipinski definition) is 2. The summed E-state index contributed by atoms with van der Waals surface area (Å²) in [5.74, 6) is 0.161. The maximum Gasteiger partial charge on any atom is 0.227 e. The molecule has 0 spiro atoms.